The number of benzene rings is 2. The van der Waals surface area contributed by atoms with Crippen molar-refractivity contribution in [2.45, 2.75) is 104 Å². The number of aromatic amines is 1. The number of nitrogens with zero attached hydrogens (tertiary/aromatic N) is 5. The molecule has 72 heavy (non-hydrogen) atoms. The van der Waals surface area contributed by atoms with E-state index >= 15 is 0 Å². The molecule has 0 aliphatic carbocycles. The molecule has 3 aromatic heterocycles. The molecule has 7 rings (SSSR count). The number of amides is 4. The topological polar surface area (TPSA) is 204 Å². The van der Waals surface area contributed by atoms with Gasteiger partial charge in [0.15, 0.2) is 5.13 Å². The summed E-state index contributed by atoms with van der Waals surface area (Å²) in [6.07, 6.45) is 6.79. The van der Waals surface area contributed by atoms with Crippen molar-refractivity contribution in [3.63, 3.8) is 0 Å². The maximum Gasteiger partial charge on any atom is 0.263 e. The molecule has 5 heterocycles. The van der Waals surface area contributed by atoms with E-state index in [9.17, 15) is 24.3 Å². The fourth-order valence-electron chi connectivity index (χ4n) is 9.19. The normalized spacial score (nSPS) is 17.8. The number of ether oxygens (including phenoxy) is 3. The van der Waals surface area contributed by atoms with E-state index < -0.39 is 35.4 Å². The van der Waals surface area contributed by atoms with Gasteiger partial charge < -0.3 is 50.1 Å². The number of hydrogen-bond acceptors (Lipinski definition) is 14. The third kappa shape index (κ3) is 14.9. The number of rotatable bonds is 25. The van der Waals surface area contributed by atoms with Crippen LogP contribution in [0.15, 0.2) is 66.4 Å². The van der Waals surface area contributed by atoms with Gasteiger partial charge in [-0.25, -0.2) is 9.97 Å². The average Bonchev–Trinajstić information content (AvgIpc) is 4.20. The Morgan fingerprint density at radius 2 is 1.64 bits per heavy atom. The van der Waals surface area contributed by atoms with Crippen LogP contribution in [0.3, 0.4) is 0 Å². The van der Waals surface area contributed by atoms with E-state index in [1.807, 2.05) is 76.5 Å². The van der Waals surface area contributed by atoms with Gasteiger partial charge in [-0.15, -0.1) is 11.3 Å². The fraction of sp³-hybridized carbons (Fsp3) is 0.547. The summed E-state index contributed by atoms with van der Waals surface area (Å²) in [5.74, 6) is -1.34. The molecule has 4 amide bonds. The Kier molecular flexibility index (Phi) is 19.7. The number of anilines is 1. The number of aryl methyl sites for hydroxylation is 1. The molecule has 5 N–H and O–H groups in total. The second-order valence-corrected chi connectivity index (χ2v) is 21.7. The summed E-state index contributed by atoms with van der Waals surface area (Å²) in [4.78, 5) is 74.2. The Hall–Kier alpha value is -5.28. The first kappa shape index (κ1) is 54.5. The zero-order chi connectivity index (χ0) is 51.2. The number of carbonyl (C=O) groups is 4. The van der Waals surface area contributed by atoms with Gasteiger partial charge in [-0.05, 0) is 54.9 Å². The highest BCUT2D eigenvalue weighted by Gasteiger charge is 2.44. The summed E-state index contributed by atoms with van der Waals surface area (Å²) in [5.41, 5.74) is 6.36. The molecule has 2 aliphatic heterocycles. The highest BCUT2D eigenvalue weighted by Crippen LogP contribution is 2.30. The minimum atomic E-state index is -0.964. The zero-order valence-corrected chi connectivity index (χ0v) is 44.2. The SMILES string of the molecule is CCCCC(Cc1c[nH]c2ccccc12)NC(=O)c1cnc(N2CCN(CCOCCOCCOCC(=O)N[C@H](C(=O)N3C[C@H](O)C[C@H]3C(=O)N[C@@H](C)c3ccc(-c4scnc4C)cc3)C(C)(C)C)CC2)s1. The van der Waals surface area contributed by atoms with Crippen molar-refractivity contribution in [3.05, 3.63) is 88.1 Å². The van der Waals surface area contributed by atoms with Crippen LogP contribution in [-0.2, 0) is 35.0 Å². The van der Waals surface area contributed by atoms with Crippen LogP contribution in [0.1, 0.15) is 92.8 Å². The van der Waals surface area contributed by atoms with Crippen molar-refractivity contribution < 1.29 is 38.5 Å². The standard InChI is InChI=1S/C53H73N9O8S2/c1-7-8-11-40(28-39-30-54-43-13-10-9-12-42(39)43)58-50(66)45-31-55-52(72-45)61-20-18-60(19-21-61)22-23-68-24-25-69-26-27-70-33-46(64)59-48(53(4,5)6)51(67)62-32-41(63)29-44(62)49(65)57-35(2)37-14-16-38(17-15-37)47-36(3)56-34-71-47/h9-10,12-17,30-31,34-35,40-41,44,48,54,63H,7-8,11,18-29,32-33H2,1-6H3,(H,57,65)(H,58,66)(H,59,64)/t35-,40?,41+,44-,48+/m0/s1. The quantitative estimate of drug-likeness (QED) is 0.0420. The molecule has 2 fully saturated rings. The lowest BCUT2D eigenvalue weighted by Gasteiger charge is -2.35. The number of piperazine rings is 1. The molecule has 0 spiro atoms. The first-order valence-corrected chi connectivity index (χ1v) is 27.0. The van der Waals surface area contributed by atoms with Crippen LogP contribution in [-0.4, -0.2) is 157 Å². The van der Waals surface area contributed by atoms with Crippen molar-refractivity contribution in [1.82, 2.24) is 40.7 Å². The summed E-state index contributed by atoms with van der Waals surface area (Å²) in [7, 11) is 0. The lowest BCUT2D eigenvalue weighted by atomic mass is 9.85. The van der Waals surface area contributed by atoms with Gasteiger partial charge in [0, 0.05) is 68.8 Å². The van der Waals surface area contributed by atoms with Gasteiger partial charge in [-0.3, -0.25) is 24.1 Å². The molecule has 19 heteroatoms. The number of aliphatic hydroxyl groups is 1. The Bertz CT molecular complexity index is 2530. The molecule has 2 aliphatic rings. The Balaban J connectivity index is 0.746. The largest absolute Gasteiger partial charge is 0.391 e. The van der Waals surface area contributed by atoms with Gasteiger partial charge >= 0.3 is 0 Å². The number of para-hydroxylation sites is 1. The summed E-state index contributed by atoms with van der Waals surface area (Å²) < 4.78 is 17.1. The molecule has 2 aromatic carbocycles. The third-order valence-electron chi connectivity index (χ3n) is 13.3. The molecule has 5 atom stereocenters. The maximum absolute atomic E-state index is 14.0. The Morgan fingerprint density at radius 3 is 2.35 bits per heavy atom. The van der Waals surface area contributed by atoms with Gasteiger partial charge in [0.25, 0.3) is 5.91 Å². The van der Waals surface area contributed by atoms with E-state index in [-0.39, 0.29) is 56.7 Å². The number of likely N-dealkylation sites (tertiary alicyclic amines) is 1. The zero-order valence-electron chi connectivity index (χ0n) is 42.6. The lowest BCUT2D eigenvalue weighted by Crippen LogP contribution is -2.58. The van der Waals surface area contributed by atoms with Gasteiger partial charge in [0.05, 0.1) is 67.5 Å². The number of carbonyl (C=O) groups excluding carboxylic acids is 4. The van der Waals surface area contributed by atoms with Crippen molar-refractivity contribution in [3.8, 4) is 10.4 Å². The average molecular weight is 1030 g/mol. The third-order valence-corrected chi connectivity index (χ3v) is 15.4. The molecule has 5 aromatic rings. The second kappa shape index (κ2) is 26.1. The van der Waals surface area contributed by atoms with Crippen molar-refractivity contribution >= 4 is 62.3 Å². The number of thiazole rings is 2. The minimum Gasteiger partial charge on any atom is -0.391 e. The number of β-amino-alcohol motifs (C(OH)–C–C–N with tert-alkyl or cyclic N) is 1. The van der Waals surface area contributed by atoms with E-state index in [1.54, 1.807) is 17.5 Å². The molecule has 0 radical (unpaired) electrons. The van der Waals surface area contributed by atoms with Gasteiger partial charge in [0.2, 0.25) is 17.7 Å². The number of aromatic nitrogens is 3. The first-order valence-electron chi connectivity index (χ1n) is 25.3. The number of nitrogens with one attached hydrogen (secondary N) is 4. The van der Waals surface area contributed by atoms with Crippen molar-refractivity contribution in [2.75, 3.05) is 83.8 Å². The summed E-state index contributed by atoms with van der Waals surface area (Å²) in [6, 6.07) is 14.1. The van der Waals surface area contributed by atoms with E-state index in [4.69, 9.17) is 14.2 Å². The minimum absolute atomic E-state index is 0.0157. The van der Waals surface area contributed by atoms with Crippen LogP contribution in [0.4, 0.5) is 5.13 Å². The lowest BCUT2D eigenvalue weighted by molar-refractivity contribution is -0.144. The van der Waals surface area contributed by atoms with Crippen LogP contribution < -0.4 is 20.9 Å². The Morgan fingerprint density at radius 1 is 0.917 bits per heavy atom. The number of fused-ring (bicyclic) bond motifs is 1. The maximum atomic E-state index is 14.0. The van der Waals surface area contributed by atoms with Gasteiger partial charge in [-0.1, -0.05) is 94.3 Å². The van der Waals surface area contributed by atoms with Crippen LogP contribution in [0.2, 0.25) is 0 Å². The molecule has 1 unspecified atom stereocenters. The molecule has 390 valence electrons. The van der Waals surface area contributed by atoms with E-state index in [1.165, 1.54) is 27.2 Å². The number of hydrogen-bond donors (Lipinski definition) is 5. The van der Waals surface area contributed by atoms with Crippen LogP contribution in [0, 0.1) is 12.3 Å². The van der Waals surface area contributed by atoms with Crippen LogP contribution in [0.25, 0.3) is 21.3 Å². The van der Waals surface area contributed by atoms with E-state index in [2.05, 4.69) is 66.0 Å². The van der Waals surface area contributed by atoms with Crippen molar-refractivity contribution in [2.24, 2.45) is 5.41 Å². The first-order chi connectivity index (χ1) is 34.7. The number of H-pyrrole nitrogens is 1. The molecule has 0 saturated carbocycles. The highest BCUT2D eigenvalue weighted by molar-refractivity contribution is 7.17. The monoisotopic (exact) mass is 1030 g/mol. The molecular weight excluding hydrogens is 955 g/mol. The smallest absolute Gasteiger partial charge is 0.263 e. The number of aliphatic hydroxyl groups excluding tert-OH is 1. The molecule has 2 saturated heterocycles. The summed E-state index contributed by atoms with van der Waals surface area (Å²) >= 11 is 3.02. The molecule has 17 nitrogen and oxygen atoms in total. The van der Waals surface area contributed by atoms with Gasteiger partial charge in [-0.2, -0.15) is 0 Å². The van der Waals surface area contributed by atoms with E-state index in [0.29, 0.717) is 24.7 Å². The predicted octanol–water partition coefficient (Wildman–Crippen LogP) is 6.13. The van der Waals surface area contributed by atoms with Crippen molar-refractivity contribution in [1.29, 1.82) is 0 Å². The summed E-state index contributed by atoms with van der Waals surface area (Å²) in [5, 5.41) is 21.9. The van der Waals surface area contributed by atoms with Gasteiger partial charge in [0.1, 0.15) is 23.6 Å². The fourth-order valence-corrected chi connectivity index (χ4v) is 10.9. The summed E-state index contributed by atoms with van der Waals surface area (Å²) in [6.45, 7) is 17.2. The second-order valence-electron chi connectivity index (χ2n) is 19.9. The van der Waals surface area contributed by atoms with Crippen LogP contribution >= 0.6 is 22.7 Å². The molecular formula is C53H73N9O8S2. The Labute approximate surface area is 431 Å². The van der Waals surface area contributed by atoms with Crippen LogP contribution in [0.5, 0.6) is 0 Å². The highest BCUT2D eigenvalue weighted by atomic mass is 32.1. The van der Waals surface area contributed by atoms with E-state index in [0.717, 1.165) is 90.8 Å². The number of unbranched alkanes of at least 4 members (excludes halogenated alkanes) is 1. The predicted molar refractivity (Wildman–Crippen MR) is 282 cm³/mol. The molecule has 0 bridgehead atoms.